The molecule has 1 atom stereocenters. The number of halogens is 1. The van der Waals surface area contributed by atoms with Crippen LogP contribution in [0.5, 0.6) is 11.5 Å². The van der Waals surface area contributed by atoms with Crippen molar-refractivity contribution in [3.63, 3.8) is 0 Å². The third-order valence-corrected chi connectivity index (χ3v) is 5.03. The van der Waals surface area contributed by atoms with Crippen molar-refractivity contribution in [2.24, 2.45) is 0 Å². The highest BCUT2D eigenvalue weighted by Crippen LogP contribution is 2.33. The van der Waals surface area contributed by atoms with Crippen molar-refractivity contribution in [2.45, 2.75) is 18.9 Å². The van der Waals surface area contributed by atoms with Crippen LogP contribution in [0, 0.1) is 5.82 Å². The molecule has 0 aliphatic carbocycles. The van der Waals surface area contributed by atoms with Gasteiger partial charge in [0.15, 0.2) is 0 Å². The van der Waals surface area contributed by atoms with E-state index < -0.39 is 35.7 Å². The van der Waals surface area contributed by atoms with E-state index in [1.165, 1.54) is 38.5 Å². The summed E-state index contributed by atoms with van der Waals surface area (Å²) in [6, 6.07) is 9.47. The largest absolute Gasteiger partial charge is 0.497 e. The number of amides is 4. The van der Waals surface area contributed by atoms with Gasteiger partial charge in [-0.05, 0) is 36.2 Å². The van der Waals surface area contributed by atoms with Gasteiger partial charge in [-0.15, -0.1) is 0 Å². The van der Waals surface area contributed by atoms with E-state index in [1.54, 1.807) is 25.1 Å². The molecular formula is C21H22FN3O5. The van der Waals surface area contributed by atoms with E-state index in [-0.39, 0.29) is 6.42 Å². The Morgan fingerprint density at radius 2 is 1.83 bits per heavy atom. The fraction of sp³-hybridized carbons (Fsp3) is 0.286. The molecule has 1 saturated heterocycles. The summed E-state index contributed by atoms with van der Waals surface area (Å²) in [5.74, 6) is -0.682. The van der Waals surface area contributed by atoms with Crippen molar-refractivity contribution >= 4 is 23.5 Å². The van der Waals surface area contributed by atoms with Crippen molar-refractivity contribution in [1.29, 1.82) is 0 Å². The Morgan fingerprint density at radius 3 is 2.43 bits per heavy atom. The molecule has 1 aliphatic heterocycles. The van der Waals surface area contributed by atoms with Crippen LogP contribution in [0.3, 0.4) is 0 Å². The van der Waals surface area contributed by atoms with Gasteiger partial charge < -0.3 is 20.1 Å². The first-order valence-corrected chi connectivity index (χ1v) is 9.26. The van der Waals surface area contributed by atoms with E-state index in [0.717, 1.165) is 4.90 Å². The van der Waals surface area contributed by atoms with Gasteiger partial charge in [0.1, 0.15) is 29.4 Å². The third-order valence-electron chi connectivity index (χ3n) is 5.03. The second-order valence-corrected chi connectivity index (χ2v) is 6.70. The minimum atomic E-state index is -1.34. The molecular weight excluding hydrogens is 393 g/mol. The van der Waals surface area contributed by atoms with Crippen molar-refractivity contribution in [2.75, 3.05) is 26.1 Å². The summed E-state index contributed by atoms with van der Waals surface area (Å²) in [4.78, 5) is 39.0. The average Bonchev–Trinajstić information content (AvgIpc) is 2.99. The van der Waals surface area contributed by atoms with Crippen LogP contribution >= 0.6 is 0 Å². The Kier molecular flexibility index (Phi) is 5.91. The summed E-state index contributed by atoms with van der Waals surface area (Å²) in [7, 11) is 2.95. The SMILES string of the molecule is CCC1(c2ccc(F)cc2)NC(=O)N(CC(=O)Nc2ccc(OC)cc2OC)C1=O. The predicted octanol–water partition coefficient (Wildman–Crippen LogP) is 2.64. The van der Waals surface area contributed by atoms with Crippen LogP contribution in [0.15, 0.2) is 42.5 Å². The number of carbonyl (C=O) groups excluding carboxylic acids is 3. The number of hydrogen-bond donors (Lipinski definition) is 2. The molecule has 1 fully saturated rings. The van der Waals surface area contributed by atoms with Crippen molar-refractivity contribution < 1.29 is 28.2 Å². The number of nitrogens with zero attached hydrogens (tertiary/aromatic N) is 1. The summed E-state index contributed by atoms with van der Waals surface area (Å²) in [5, 5.41) is 5.28. The van der Waals surface area contributed by atoms with E-state index in [1.807, 2.05) is 0 Å². The van der Waals surface area contributed by atoms with Crippen LogP contribution in [0.25, 0.3) is 0 Å². The minimum Gasteiger partial charge on any atom is -0.497 e. The Morgan fingerprint density at radius 1 is 1.13 bits per heavy atom. The number of rotatable bonds is 7. The number of ether oxygens (including phenoxy) is 2. The van der Waals surface area contributed by atoms with E-state index in [0.29, 0.717) is 22.7 Å². The van der Waals surface area contributed by atoms with E-state index in [2.05, 4.69) is 10.6 Å². The Hall–Kier alpha value is -3.62. The normalized spacial score (nSPS) is 18.2. The molecule has 0 spiro atoms. The predicted molar refractivity (Wildman–Crippen MR) is 107 cm³/mol. The number of hydrogen-bond acceptors (Lipinski definition) is 5. The lowest BCUT2D eigenvalue weighted by molar-refractivity contribution is -0.134. The second kappa shape index (κ2) is 8.40. The van der Waals surface area contributed by atoms with Gasteiger partial charge in [0.2, 0.25) is 5.91 Å². The molecule has 0 radical (unpaired) electrons. The van der Waals surface area contributed by atoms with E-state index >= 15 is 0 Å². The Bertz CT molecular complexity index is 979. The molecule has 9 heteroatoms. The maximum atomic E-state index is 13.3. The molecule has 158 valence electrons. The molecule has 3 rings (SSSR count). The molecule has 2 N–H and O–H groups in total. The molecule has 0 saturated carbocycles. The lowest BCUT2D eigenvalue weighted by Gasteiger charge is -2.25. The van der Waals surface area contributed by atoms with Crippen molar-refractivity contribution in [3.8, 4) is 11.5 Å². The molecule has 0 aromatic heterocycles. The molecule has 1 heterocycles. The Balaban J connectivity index is 1.78. The first kappa shape index (κ1) is 21.1. The number of benzene rings is 2. The number of imide groups is 1. The van der Waals surface area contributed by atoms with Crippen LogP contribution < -0.4 is 20.1 Å². The van der Waals surface area contributed by atoms with Gasteiger partial charge in [-0.2, -0.15) is 0 Å². The van der Waals surface area contributed by atoms with E-state index in [4.69, 9.17) is 9.47 Å². The highest BCUT2D eigenvalue weighted by molar-refractivity contribution is 6.10. The number of carbonyl (C=O) groups is 3. The third kappa shape index (κ3) is 3.78. The maximum absolute atomic E-state index is 13.3. The molecule has 30 heavy (non-hydrogen) atoms. The Labute approximate surface area is 173 Å². The van der Waals surface area contributed by atoms with Crippen molar-refractivity contribution in [1.82, 2.24) is 10.2 Å². The minimum absolute atomic E-state index is 0.244. The molecule has 8 nitrogen and oxygen atoms in total. The smallest absolute Gasteiger partial charge is 0.325 e. The van der Waals surface area contributed by atoms with Gasteiger partial charge in [-0.25, -0.2) is 9.18 Å². The first-order chi connectivity index (χ1) is 14.3. The number of urea groups is 1. The number of nitrogens with one attached hydrogen (secondary N) is 2. The summed E-state index contributed by atoms with van der Waals surface area (Å²) in [6.45, 7) is 1.25. The summed E-state index contributed by atoms with van der Waals surface area (Å²) in [6.07, 6.45) is 0.244. The molecule has 1 unspecified atom stereocenters. The van der Waals surface area contributed by atoms with Gasteiger partial charge >= 0.3 is 6.03 Å². The van der Waals surface area contributed by atoms with Crippen LogP contribution in [-0.4, -0.2) is 43.5 Å². The lowest BCUT2D eigenvalue weighted by atomic mass is 9.87. The van der Waals surface area contributed by atoms with Crippen LogP contribution in [0.1, 0.15) is 18.9 Å². The van der Waals surface area contributed by atoms with Gasteiger partial charge in [-0.3, -0.25) is 14.5 Å². The fourth-order valence-electron chi connectivity index (χ4n) is 3.38. The second-order valence-electron chi connectivity index (χ2n) is 6.70. The highest BCUT2D eigenvalue weighted by Gasteiger charge is 2.51. The number of anilines is 1. The standard InChI is InChI=1S/C21H22FN3O5/c1-4-21(13-5-7-14(22)8-6-13)19(27)25(20(28)24-21)12-18(26)23-16-10-9-15(29-2)11-17(16)30-3/h5-11H,4,12H2,1-3H3,(H,23,26)(H,24,28). The van der Waals surface area contributed by atoms with Crippen LogP contribution in [0.4, 0.5) is 14.9 Å². The van der Waals surface area contributed by atoms with Gasteiger partial charge in [-0.1, -0.05) is 19.1 Å². The zero-order valence-electron chi connectivity index (χ0n) is 16.8. The van der Waals surface area contributed by atoms with Crippen molar-refractivity contribution in [3.05, 3.63) is 53.8 Å². The van der Waals surface area contributed by atoms with Gasteiger partial charge in [0.25, 0.3) is 5.91 Å². The average molecular weight is 415 g/mol. The molecule has 2 aromatic carbocycles. The number of methoxy groups -OCH3 is 2. The zero-order chi connectivity index (χ0) is 21.9. The van der Waals surface area contributed by atoms with E-state index in [9.17, 15) is 18.8 Å². The van der Waals surface area contributed by atoms with Gasteiger partial charge in [0.05, 0.1) is 19.9 Å². The lowest BCUT2D eigenvalue weighted by Crippen LogP contribution is -2.44. The molecule has 1 aliphatic rings. The maximum Gasteiger partial charge on any atom is 0.325 e. The zero-order valence-corrected chi connectivity index (χ0v) is 16.8. The molecule has 4 amide bonds. The summed E-state index contributed by atoms with van der Waals surface area (Å²) in [5.41, 5.74) is -0.525. The van der Waals surface area contributed by atoms with Gasteiger partial charge in [0, 0.05) is 6.07 Å². The highest BCUT2D eigenvalue weighted by atomic mass is 19.1. The quantitative estimate of drug-likeness (QED) is 0.678. The van der Waals surface area contributed by atoms with Crippen LogP contribution in [0.2, 0.25) is 0 Å². The summed E-state index contributed by atoms with van der Waals surface area (Å²) >= 11 is 0. The first-order valence-electron chi connectivity index (χ1n) is 9.26. The fourth-order valence-corrected chi connectivity index (χ4v) is 3.38. The van der Waals surface area contributed by atoms with Crippen LogP contribution in [-0.2, 0) is 15.1 Å². The molecule has 2 aromatic rings. The summed E-state index contributed by atoms with van der Waals surface area (Å²) < 4.78 is 23.6. The topological polar surface area (TPSA) is 97.0 Å². The monoisotopic (exact) mass is 415 g/mol. The molecule has 0 bridgehead atoms.